The Labute approximate surface area is 319 Å². The lowest BCUT2D eigenvalue weighted by atomic mass is 10.0. The van der Waals surface area contributed by atoms with Crippen LogP contribution in [0.15, 0.2) is 60.9 Å². The minimum Gasteiger partial charge on any atom is -0.381 e. The minimum absolute atomic E-state index is 0.0106. The van der Waals surface area contributed by atoms with Gasteiger partial charge in [-0.25, -0.2) is 45.3 Å². The van der Waals surface area contributed by atoms with Gasteiger partial charge in [-0.2, -0.15) is 0 Å². The second-order valence-electron chi connectivity index (χ2n) is 12.9. The molecule has 2 amide bonds. The van der Waals surface area contributed by atoms with Crippen LogP contribution in [-0.4, -0.2) is 80.4 Å². The zero-order valence-electron chi connectivity index (χ0n) is 32.9. The van der Waals surface area contributed by atoms with E-state index in [-0.39, 0.29) is 89.8 Å². The number of nitrogens with zero attached hydrogens (tertiary/aromatic N) is 8. The van der Waals surface area contributed by atoms with Gasteiger partial charge in [0.05, 0.1) is 25.2 Å². The Kier molecular flexibility index (Phi) is 8.73. The first-order valence-electron chi connectivity index (χ1n) is 19.0. The normalized spacial score (nSPS) is 20.6. The van der Waals surface area contributed by atoms with Gasteiger partial charge in [0.1, 0.15) is 58.4 Å². The summed E-state index contributed by atoms with van der Waals surface area (Å²) in [5.74, 6) is -4.10. The molecule has 14 nitrogen and oxygen atoms in total. The quantitative estimate of drug-likeness (QED) is 0.176. The number of alkyl halides is 2. The Balaban J connectivity index is 0.000000182. The molecular weight excluding hydrogens is 746 g/mol. The van der Waals surface area contributed by atoms with E-state index in [9.17, 15) is 35.9 Å². The summed E-state index contributed by atoms with van der Waals surface area (Å²) in [6, 6.07) is 7.42. The summed E-state index contributed by atoms with van der Waals surface area (Å²) >= 11 is 0. The fraction of sp³-hybridized carbons (Fsp3) is 0.278. The fourth-order valence-corrected chi connectivity index (χ4v) is 6.99. The minimum atomic E-state index is -2.76. The first-order valence-corrected chi connectivity index (χ1v) is 16.8. The number of aromatic nitrogens is 6. The molecule has 6 heterocycles. The maximum Gasteiger partial charge on any atom is 0.258 e. The van der Waals surface area contributed by atoms with E-state index < -0.39 is 66.5 Å². The summed E-state index contributed by atoms with van der Waals surface area (Å²) in [4.78, 5) is 36.3. The summed E-state index contributed by atoms with van der Waals surface area (Å²) < 4.78 is 116. The molecule has 4 atom stereocenters. The third-order valence-corrected chi connectivity index (χ3v) is 9.45. The number of amides is 2. The van der Waals surface area contributed by atoms with E-state index >= 15 is 0 Å². The molecule has 2 aromatic carbocycles. The smallest absolute Gasteiger partial charge is 0.258 e. The van der Waals surface area contributed by atoms with Crippen LogP contribution in [0.4, 0.5) is 49.6 Å². The van der Waals surface area contributed by atoms with Gasteiger partial charge < -0.3 is 31.9 Å². The van der Waals surface area contributed by atoms with E-state index in [4.69, 9.17) is 17.0 Å². The maximum absolute atomic E-state index is 14.3. The van der Waals surface area contributed by atoms with Gasteiger partial charge in [0.25, 0.3) is 11.8 Å². The highest BCUT2D eigenvalue weighted by molar-refractivity contribution is 6.04. The van der Waals surface area contributed by atoms with Gasteiger partial charge in [-0.3, -0.25) is 9.59 Å². The third kappa shape index (κ3) is 6.92. The van der Waals surface area contributed by atoms with E-state index in [1.165, 1.54) is 43.4 Å². The lowest BCUT2D eigenvalue weighted by molar-refractivity contribution is 0.0957. The van der Waals surface area contributed by atoms with Crippen LogP contribution in [0.3, 0.4) is 0 Å². The van der Waals surface area contributed by atoms with Crippen molar-refractivity contribution in [3.63, 3.8) is 0 Å². The average Bonchev–Trinajstić information content (AvgIpc) is 3.94. The van der Waals surface area contributed by atoms with Gasteiger partial charge in [0.15, 0.2) is 22.9 Å². The lowest BCUT2D eigenvalue weighted by Crippen LogP contribution is -2.26. The molecule has 6 N–H and O–H groups in total. The largest absolute Gasteiger partial charge is 0.381 e. The van der Waals surface area contributed by atoms with Crippen molar-refractivity contribution in [3.05, 3.63) is 106 Å². The second kappa shape index (κ2) is 14.9. The number of nitrogens with two attached hydrogens (primary N) is 2. The van der Waals surface area contributed by atoms with Gasteiger partial charge in [-0.1, -0.05) is 0 Å². The molecule has 2 saturated heterocycles. The number of anilines is 4. The average molecular weight is 785 g/mol. The van der Waals surface area contributed by atoms with Crippen LogP contribution in [0.2, 0.25) is 0 Å². The molecule has 0 unspecified atom stereocenters. The highest BCUT2D eigenvalue weighted by Gasteiger charge is 2.38. The van der Waals surface area contributed by atoms with Crippen molar-refractivity contribution in [1.29, 1.82) is 0 Å². The first-order chi connectivity index (χ1) is 28.4. The van der Waals surface area contributed by atoms with E-state index in [0.29, 0.717) is 0 Å². The van der Waals surface area contributed by atoms with E-state index in [0.717, 1.165) is 36.4 Å². The number of hydrogen-bond acceptors (Lipinski definition) is 10. The van der Waals surface area contributed by atoms with Gasteiger partial charge in [0.2, 0.25) is 0 Å². The number of carbonyl (C=O) groups excluding carboxylic acids is 2. The SMILES string of the molecule is [2H]C([2H])([2H])NC(=O)c1c(N)nn2ccc(N3C[C@@H](F)C[C@@H]3c3cc(F)ccc3F)nc12.[2H]CNC(=O)c1c(N)nn2ccc(N3C[C@@H](F)C[C@@H]3c3cc(F)ccc3F)nc12. The molecule has 2 fully saturated rings. The molecule has 20 heteroatoms. The number of benzene rings is 2. The molecule has 8 rings (SSSR count). The molecule has 2 aliphatic heterocycles. The van der Waals surface area contributed by atoms with Crippen LogP contribution >= 0.6 is 0 Å². The number of hydrogen-bond donors (Lipinski definition) is 4. The van der Waals surface area contributed by atoms with Crippen LogP contribution in [-0.2, 0) is 0 Å². The van der Waals surface area contributed by atoms with Gasteiger partial charge >= 0.3 is 0 Å². The number of rotatable bonds is 6. The summed E-state index contributed by atoms with van der Waals surface area (Å²) in [5, 5.41) is 12.1. The monoisotopic (exact) mass is 784 g/mol. The zero-order valence-corrected chi connectivity index (χ0v) is 28.9. The van der Waals surface area contributed by atoms with Gasteiger partial charge in [0, 0.05) is 55.8 Å². The standard InChI is InChI=1S/2C18H17F3N6O/c2*1-23-18(28)15-16(22)25-27-5-4-14(24-17(15)27)26-8-10(20)7-13(26)11-6-9(19)2-3-12(11)21/h2*2-6,10,13H,7-8H2,1H3,(H2,22,25)(H,23,28)/t2*10-,13+/m00/s1/i1D3;1D. The van der Waals surface area contributed by atoms with Crippen molar-refractivity contribution in [2.24, 2.45) is 0 Å². The van der Waals surface area contributed by atoms with Gasteiger partial charge in [-0.15, -0.1) is 10.2 Å². The second-order valence-corrected chi connectivity index (χ2v) is 12.9. The van der Waals surface area contributed by atoms with Crippen LogP contribution in [0.25, 0.3) is 11.3 Å². The lowest BCUT2D eigenvalue weighted by Gasteiger charge is -2.26. The molecule has 0 aliphatic carbocycles. The number of nitrogens with one attached hydrogen (secondary N) is 2. The predicted molar refractivity (Wildman–Crippen MR) is 193 cm³/mol. The van der Waals surface area contributed by atoms with Gasteiger partial charge in [-0.05, 0) is 48.5 Å². The Bertz CT molecular complexity index is 2610. The molecule has 292 valence electrons. The molecule has 0 saturated carbocycles. The van der Waals surface area contributed by atoms with E-state index in [2.05, 4.69) is 25.5 Å². The van der Waals surface area contributed by atoms with Crippen molar-refractivity contribution in [2.75, 3.05) is 48.4 Å². The number of carbonyl (C=O) groups is 2. The highest BCUT2D eigenvalue weighted by atomic mass is 19.2. The first kappa shape index (κ1) is 32.8. The number of halogens is 6. The Morgan fingerprint density at radius 3 is 1.59 bits per heavy atom. The van der Waals surface area contributed by atoms with Crippen LogP contribution in [0.1, 0.15) is 62.3 Å². The molecule has 0 radical (unpaired) electrons. The Hall–Kier alpha value is -6.60. The van der Waals surface area contributed by atoms with E-state index in [1.54, 1.807) is 0 Å². The summed E-state index contributed by atoms with van der Waals surface area (Å²) in [5.41, 5.74) is 11.4. The molecule has 0 bridgehead atoms. The highest BCUT2D eigenvalue weighted by Crippen LogP contribution is 2.40. The molecule has 0 spiro atoms. The topological polar surface area (TPSA) is 177 Å². The Morgan fingerprint density at radius 2 is 1.16 bits per heavy atom. The van der Waals surface area contributed by atoms with Crippen molar-refractivity contribution in [2.45, 2.75) is 37.3 Å². The zero-order chi connectivity index (χ0) is 43.2. The maximum atomic E-state index is 14.3. The van der Waals surface area contributed by atoms with Crippen LogP contribution in [0.5, 0.6) is 0 Å². The van der Waals surface area contributed by atoms with Crippen molar-refractivity contribution in [3.8, 4) is 0 Å². The number of nitrogen functional groups attached to an aromatic ring is 2. The summed E-state index contributed by atoms with van der Waals surface area (Å²) in [6.07, 6.45) is 0.212. The molecule has 6 aromatic rings. The predicted octanol–water partition coefficient (Wildman–Crippen LogP) is 4.48. The fourth-order valence-electron chi connectivity index (χ4n) is 6.99. The van der Waals surface area contributed by atoms with Crippen LogP contribution in [0, 0.1) is 23.3 Å². The van der Waals surface area contributed by atoms with Crippen molar-refractivity contribution >= 4 is 46.4 Å². The summed E-state index contributed by atoms with van der Waals surface area (Å²) in [6.45, 7) is -2.96. The molecular formula is C36H34F6N12O2. The number of fused-ring (bicyclic) bond motifs is 2. The van der Waals surface area contributed by atoms with Crippen LogP contribution < -0.4 is 31.9 Å². The Morgan fingerprint density at radius 1 is 0.714 bits per heavy atom. The summed E-state index contributed by atoms with van der Waals surface area (Å²) in [7, 11) is -0.355. The third-order valence-electron chi connectivity index (χ3n) is 9.45. The van der Waals surface area contributed by atoms with Crippen molar-refractivity contribution in [1.82, 2.24) is 39.8 Å². The molecule has 56 heavy (non-hydrogen) atoms. The molecule has 4 aromatic heterocycles. The van der Waals surface area contributed by atoms with Crippen molar-refractivity contribution < 1.29 is 41.4 Å². The van der Waals surface area contributed by atoms with E-state index in [1.807, 2.05) is 5.32 Å². The molecule has 2 aliphatic rings.